The number of halogens is 1. The summed E-state index contributed by atoms with van der Waals surface area (Å²) >= 11 is 6.67. The number of fused-ring (bicyclic) bond motifs is 1. The average Bonchev–Trinajstić information content (AvgIpc) is 2.49. The molecule has 2 aromatic carbocycles. The molecule has 1 unspecified atom stereocenters. The Bertz CT molecular complexity index is 708. The number of aryl methyl sites for hydroxylation is 1. The fraction of sp³-hybridized carbons (Fsp3) is 0.278. The highest BCUT2D eigenvalue weighted by Crippen LogP contribution is 2.33. The van der Waals surface area contributed by atoms with Crippen molar-refractivity contribution in [3.05, 3.63) is 69.8 Å². The highest BCUT2D eigenvalue weighted by molar-refractivity contribution is 6.22. The summed E-state index contributed by atoms with van der Waals surface area (Å²) in [7, 11) is 0. The summed E-state index contributed by atoms with van der Waals surface area (Å²) in [5.74, 6) is 0.00271. The molecule has 0 aliphatic carbocycles. The van der Waals surface area contributed by atoms with Crippen molar-refractivity contribution in [3.63, 3.8) is 0 Å². The van der Waals surface area contributed by atoms with Crippen molar-refractivity contribution in [2.75, 3.05) is 6.54 Å². The second kappa shape index (κ2) is 5.53. The van der Waals surface area contributed by atoms with Crippen molar-refractivity contribution in [1.82, 2.24) is 5.32 Å². The molecule has 108 valence electrons. The molecule has 0 saturated heterocycles. The molecular formula is C18H18ClNO. The molecule has 21 heavy (non-hydrogen) atoms. The van der Waals surface area contributed by atoms with Gasteiger partial charge in [0.15, 0.2) is 0 Å². The number of alkyl halides is 1. The van der Waals surface area contributed by atoms with Gasteiger partial charge >= 0.3 is 0 Å². The Labute approximate surface area is 130 Å². The lowest BCUT2D eigenvalue weighted by molar-refractivity contribution is 0.0946. The third-order valence-electron chi connectivity index (χ3n) is 4.27. The van der Waals surface area contributed by atoms with E-state index in [1.807, 2.05) is 24.3 Å². The van der Waals surface area contributed by atoms with Crippen LogP contribution in [-0.2, 0) is 6.42 Å². The Morgan fingerprint density at radius 3 is 2.81 bits per heavy atom. The number of nitrogens with one attached hydrogen (secondary N) is 1. The third-order valence-corrected chi connectivity index (χ3v) is 4.76. The SMILES string of the molecule is Cc1cccc(C(Cl)c2ccc3c(c2)C(=O)NCC3)c1C. The van der Waals surface area contributed by atoms with Gasteiger partial charge in [0.1, 0.15) is 0 Å². The topological polar surface area (TPSA) is 29.1 Å². The standard InChI is InChI=1S/C18H18ClNO/c1-11-4-3-5-15(12(11)2)17(19)14-7-6-13-8-9-20-18(21)16(13)10-14/h3-7,10,17H,8-9H2,1-2H3,(H,20,21). The lowest BCUT2D eigenvalue weighted by atomic mass is 9.93. The number of hydrogen-bond donors (Lipinski definition) is 1. The van der Waals surface area contributed by atoms with Crippen LogP contribution in [0.25, 0.3) is 0 Å². The first kappa shape index (κ1) is 14.2. The van der Waals surface area contributed by atoms with E-state index in [1.165, 1.54) is 11.1 Å². The molecule has 1 aliphatic rings. The van der Waals surface area contributed by atoms with Gasteiger partial charge < -0.3 is 5.32 Å². The molecule has 0 bridgehead atoms. The van der Waals surface area contributed by atoms with Crippen molar-refractivity contribution in [1.29, 1.82) is 0 Å². The summed E-state index contributed by atoms with van der Waals surface area (Å²) in [6.07, 6.45) is 0.887. The predicted octanol–water partition coefficient (Wildman–Crippen LogP) is 3.92. The minimum atomic E-state index is -0.232. The van der Waals surface area contributed by atoms with Crippen molar-refractivity contribution in [2.24, 2.45) is 0 Å². The number of benzene rings is 2. The largest absolute Gasteiger partial charge is 0.352 e. The molecule has 0 fully saturated rings. The molecule has 2 aromatic rings. The number of carbonyl (C=O) groups is 1. The van der Waals surface area contributed by atoms with E-state index in [9.17, 15) is 4.79 Å². The van der Waals surface area contributed by atoms with Gasteiger partial charge in [0.25, 0.3) is 5.91 Å². The predicted molar refractivity (Wildman–Crippen MR) is 86.1 cm³/mol. The minimum absolute atomic E-state index is 0.00271. The van der Waals surface area contributed by atoms with Crippen molar-refractivity contribution >= 4 is 17.5 Å². The smallest absolute Gasteiger partial charge is 0.251 e. The maximum Gasteiger partial charge on any atom is 0.251 e. The Hall–Kier alpha value is -1.80. The first-order chi connectivity index (χ1) is 10.1. The highest BCUT2D eigenvalue weighted by atomic mass is 35.5. The zero-order valence-corrected chi connectivity index (χ0v) is 13.0. The van der Waals surface area contributed by atoms with Crippen LogP contribution < -0.4 is 5.32 Å². The van der Waals surface area contributed by atoms with Crippen molar-refractivity contribution in [2.45, 2.75) is 25.6 Å². The molecule has 0 aromatic heterocycles. The van der Waals surface area contributed by atoms with Gasteiger partial charge in [0.2, 0.25) is 0 Å². The molecule has 1 aliphatic heterocycles. The minimum Gasteiger partial charge on any atom is -0.352 e. The van der Waals surface area contributed by atoms with E-state index < -0.39 is 0 Å². The van der Waals surface area contributed by atoms with E-state index in [4.69, 9.17) is 11.6 Å². The van der Waals surface area contributed by atoms with Gasteiger partial charge in [-0.1, -0.05) is 30.3 Å². The fourth-order valence-electron chi connectivity index (χ4n) is 2.81. The maximum absolute atomic E-state index is 12.0. The first-order valence-electron chi connectivity index (χ1n) is 7.19. The van der Waals surface area contributed by atoms with E-state index in [1.54, 1.807) is 0 Å². The molecule has 3 heteroatoms. The van der Waals surface area contributed by atoms with Crippen LogP contribution in [0.1, 0.15) is 43.6 Å². The zero-order chi connectivity index (χ0) is 15.0. The van der Waals surface area contributed by atoms with Gasteiger partial charge in [-0.25, -0.2) is 0 Å². The average molecular weight is 300 g/mol. The van der Waals surface area contributed by atoms with Gasteiger partial charge in [-0.15, -0.1) is 11.6 Å². The summed E-state index contributed by atoms with van der Waals surface area (Å²) in [6, 6.07) is 12.2. The molecule has 1 atom stereocenters. The number of rotatable bonds is 2. The van der Waals surface area contributed by atoms with Crippen LogP contribution in [0.15, 0.2) is 36.4 Å². The Morgan fingerprint density at radius 1 is 1.19 bits per heavy atom. The molecule has 3 rings (SSSR count). The molecule has 1 N–H and O–H groups in total. The van der Waals surface area contributed by atoms with Crippen LogP contribution in [0.3, 0.4) is 0 Å². The van der Waals surface area contributed by atoms with Crippen LogP contribution >= 0.6 is 11.6 Å². The zero-order valence-electron chi connectivity index (χ0n) is 12.2. The van der Waals surface area contributed by atoms with Gasteiger partial charge in [-0.05, 0) is 54.2 Å². The normalized spacial score (nSPS) is 15.3. The highest BCUT2D eigenvalue weighted by Gasteiger charge is 2.20. The molecule has 1 amide bonds. The Kier molecular flexibility index (Phi) is 3.73. The molecule has 0 spiro atoms. The van der Waals surface area contributed by atoms with Gasteiger partial charge in [0, 0.05) is 12.1 Å². The Balaban J connectivity index is 2.02. The Morgan fingerprint density at radius 2 is 2.00 bits per heavy atom. The first-order valence-corrected chi connectivity index (χ1v) is 7.63. The summed E-state index contributed by atoms with van der Waals surface area (Å²) < 4.78 is 0. The van der Waals surface area contributed by atoms with Gasteiger partial charge in [0.05, 0.1) is 5.38 Å². The van der Waals surface area contributed by atoms with E-state index in [0.29, 0.717) is 6.54 Å². The molecule has 0 saturated carbocycles. The van der Waals surface area contributed by atoms with E-state index in [-0.39, 0.29) is 11.3 Å². The molecular weight excluding hydrogens is 282 g/mol. The lowest BCUT2D eigenvalue weighted by Gasteiger charge is -2.20. The fourth-order valence-corrected chi connectivity index (χ4v) is 3.19. The van der Waals surface area contributed by atoms with Gasteiger partial charge in [-0.2, -0.15) is 0 Å². The summed E-state index contributed by atoms with van der Waals surface area (Å²) in [5, 5.41) is 2.65. The quantitative estimate of drug-likeness (QED) is 0.837. The number of carbonyl (C=O) groups excluding carboxylic acids is 1. The van der Waals surface area contributed by atoms with Gasteiger partial charge in [-0.3, -0.25) is 4.79 Å². The van der Waals surface area contributed by atoms with Crippen molar-refractivity contribution < 1.29 is 4.79 Å². The number of amides is 1. The van der Waals surface area contributed by atoms with Crippen LogP contribution in [0.5, 0.6) is 0 Å². The second-order valence-corrected chi connectivity index (χ2v) is 6.01. The lowest BCUT2D eigenvalue weighted by Crippen LogP contribution is -2.31. The van der Waals surface area contributed by atoms with E-state index >= 15 is 0 Å². The molecule has 1 heterocycles. The van der Waals surface area contributed by atoms with E-state index in [0.717, 1.165) is 28.7 Å². The molecule has 0 radical (unpaired) electrons. The van der Waals surface area contributed by atoms with Crippen LogP contribution in [0.2, 0.25) is 0 Å². The summed E-state index contributed by atoms with van der Waals surface area (Å²) in [4.78, 5) is 12.0. The summed E-state index contributed by atoms with van der Waals surface area (Å²) in [5.41, 5.74) is 6.38. The van der Waals surface area contributed by atoms with Crippen LogP contribution in [-0.4, -0.2) is 12.5 Å². The van der Waals surface area contributed by atoms with Crippen LogP contribution in [0.4, 0.5) is 0 Å². The second-order valence-electron chi connectivity index (χ2n) is 5.57. The number of hydrogen-bond acceptors (Lipinski definition) is 1. The molecule has 2 nitrogen and oxygen atoms in total. The van der Waals surface area contributed by atoms with Crippen molar-refractivity contribution in [3.8, 4) is 0 Å². The summed E-state index contributed by atoms with van der Waals surface area (Å²) in [6.45, 7) is 4.89. The maximum atomic E-state index is 12.0. The third kappa shape index (κ3) is 2.56. The van der Waals surface area contributed by atoms with E-state index in [2.05, 4.69) is 31.3 Å². The van der Waals surface area contributed by atoms with Crippen LogP contribution in [0, 0.1) is 13.8 Å². The monoisotopic (exact) mass is 299 g/mol.